The molecule has 114 valence electrons. The molecule has 0 bridgehead atoms. The molecule has 0 aliphatic carbocycles. The minimum atomic E-state index is -1.09. The van der Waals surface area contributed by atoms with Gasteiger partial charge in [0.2, 0.25) is 5.91 Å². The number of carbonyl (C=O) groups excluding carboxylic acids is 2. The molecule has 9 heteroatoms. The molecule has 0 saturated heterocycles. The second kappa shape index (κ2) is 7.29. The highest BCUT2D eigenvalue weighted by Crippen LogP contribution is 2.28. The summed E-state index contributed by atoms with van der Waals surface area (Å²) in [5.74, 6) is -2.23. The number of thiazole rings is 1. The maximum atomic E-state index is 12.0. The molecule has 0 fully saturated rings. The van der Waals surface area contributed by atoms with Crippen molar-refractivity contribution in [1.29, 1.82) is 5.26 Å². The minimum Gasteiger partial charge on any atom is -0.465 e. The molecular formula is C13H11BrN4O3S. The lowest BCUT2D eigenvalue weighted by Gasteiger charge is -2.07. The molecule has 22 heavy (non-hydrogen) atoms. The average Bonchev–Trinajstić information content (AvgIpc) is 2.88. The monoisotopic (exact) mass is 382 g/mol. The van der Waals surface area contributed by atoms with Crippen molar-refractivity contribution in [2.75, 3.05) is 13.2 Å². The van der Waals surface area contributed by atoms with E-state index in [0.29, 0.717) is 10.7 Å². The Hall–Kier alpha value is -2.05. The van der Waals surface area contributed by atoms with Gasteiger partial charge in [-0.1, -0.05) is 0 Å². The number of aromatic nitrogens is 2. The molecule has 2 heterocycles. The third-order valence-electron chi connectivity index (χ3n) is 2.58. The van der Waals surface area contributed by atoms with Gasteiger partial charge in [-0.2, -0.15) is 5.26 Å². The highest BCUT2D eigenvalue weighted by molar-refractivity contribution is 9.10. The Morgan fingerprint density at radius 3 is 3.05 bits per heavy atom. The molecule has 1 N–H and O–H groups in total. The predicted molar refractivity (Wildman–Crippen MR) is 83.1 cm³/mol. The van der Waals surface area contributed by atoms with E-state index < -0.39 is 17.8 Å². The summed E-state index contributed by atoms with van der Waals surface area (Å²) in [6.45, 7) is 1.62. The van der Waals surface area contributed by atoms with Crippen molar-refractivity contribution in [3.05, 3.63) is 21.7 Å². The number of esters is 1. The number of halogens is 1. The van der Waals surface area contributed by atoms with E-state index >= 15 is 0 Å². The van der Waals surface area contributed by atoms with Crippen LogP contribution in [-0.2, 0) is 14.3 Å². The van der Waals surface area contributed by atoms with Gasteiger partial charge < -0.3 is 10.1 Å². The van der Waals surface area contributed by atoms with Gasteiger partial charge in [0.1, 0.15) is 11.6 Å². The first-order valence-electron chi connectivity index (χ1n) is 6.30. The smallest absolute Gasteiger partial charge is 0.325 e. The number of amides is 1. The molecule has 0 aliphatic rings. The van der Waals surface area contributed by atoms with Gasteiger partial charge >= 0.3 is 5.97 Å². The number of hydrogen-bond donors (Lipinski definition) is 1. The first-order valence-corrected chi connectivity index (χ1v) is 7.91. The molecule has 2 aromatic heterocycles. The molecule has 7 nitrogen and oxygen atoms in total. The topological polar surface area (TPSA) is 105 Å². The van der Waals surface area contributed by atoms with E-state index in [1.54, 1.807) is 13.1 Å². The van der Waals surface area contributed by atoms with Crippen LogP contribution in [0.15, 0.2) is 16.7 Å². The minimum absolute atomic E-state index is 0.231. The number of ether oxygens (including phenoxy) is 1. The number of fused-ring (bicyclic) bond motifs is 1. The number of carbonyl (C=O) groups is 2. The van der Waals surface area contributed by atoms with E-state index in [2.05, 4.69) is 31.2 Å². The summed E-state index contributed by atoms with van der Waals surface area (Å²) >= 11 is 4.51. The van der Waals surface area contributed by atoms with Crippen molar-refractivity contribution < 1.29 is 14.3 Å². The Balaban J connectivity index is 2.14. The van der Waals surface area contributed by atoms with Crippen LogP contribution in [0.2, 0.25) is 0 Å². The normalized spacial score (nSPS) is 11.7. The second-order valence-electron chi connectivity index (χ2n) is 4.11. The Morgan fingerprint density at radius 2 is 2.36 bits per heavy atom. The van der Waals surface area contributed by atoms with E-state index in [-0.39, 0.29) is 13.2 Å². The zero-order chi connectivity index (χ0) is 16.1. The van der Waals surface area contributed by atoms with Crippen LogP contribution < -0.4 is 5.32 Å². The molecule has 0 radical (unpaired) electrons. The summed E-state index contributed by atoms with van der Waals surface area (Å²) in [5.41, 5.74) is 0.474. The van der Waals surface area contributed by atoms with Crippen molar-refractivity contribution in [3.63, 3.8) is 0 Å². The van der Waals surface area contributed by atoms with Crippen LogP contribution in [0.4, 0.5) is 0 Å². The van der Waals surface area contributed by atoms with Crippen LogP contribution in [0, 0.1) is 11.3 Å². The van der Waals surface area contributed by atoms with Crippen molar-refractivity contribution >= 4 is 49.5 Å². The predicted octanol–water partition coefficient (Wildman–Crippen LogP) is 1.74. The van der Waals surface area contributed by atoms with E-state index in [1.165, 1.54) is 11.3 Å². The molecule has 0 saturated carbocycles. The Kier molecular flexibility index (Phi) is 5.41. The average molecular weight is 383 g/mol. The standard InChI is InChI=1S/C13H11BrN4O3S/c1-2-21-10(19)6-17-12(20)8(4-15)13-18-11-9(22-13)3-7(14)5-16-11/h3,5,8H,2,6H2,1H3,(H,17,20). The van der Waals surface area contributed by atoms with Crippen molar-refractivity contribution in [1.82, 2.24) is 15.3 Å². The van der Waals surface area contributed by atoms with Crippen LogP contribution in [0.25, 0.3) is 10.3 Å². The number of nitrogens with zero attached hydrogens (tertiary/aromatic N) is 3. The van der Waals surface area contributed by atoms with Crippen molar-refractivity contribution in [3.8, 4) is 6.07 Å². The third kappa shape index (κ3) is 3.78. The molecule has 1 amide bonds. The van der Waals surface area contributed by atoms with Gasteiger partial charge in [0.05, 0.1) is 17.4 Å². The summed E-state index contributed by atoms with van der Waals surface area (Å²) in [7, 11) is 0. The molecule has 0 aliphatic heterocycles. The number of hydrogen-bond acceptors (Lipinski definition) is 7. The van der Waals surface area contributed by atoms with Crippen LogP contribution in [0.5, 0.6) is 0 Å². The quantitative estimate of drug-likeness (QED) is 0.789. The van der Waals surface area contributed by atoms with Crippen molar-refractivity contribution in [2.24, 2.45) is 0 Å². The van der Waals surface area contributed by atoms with E-state index in [9.17, 15) is 14.9 Å². The first-order chi connectivity index (χ1) is 10.5. The summed E-state index contributed by atoms with van der Waals surface area (Å²) in [6.07, 6.45) is 1.59. The van der Waals surface area contributed by atoms with E-state index in [0.717, 1.165) is 9.17 Å². The van der Waals surface area contributed by atoms with E-state index in [1.807, 2.05) is 12.1 Å². The summed E-state index contributed by atoms with van der Waals surface area (Å²) in [6, 6.07) is 3.71. The van der Waals surface area contributed by atoms with Crippen LogP contribution in [-0.4, -0.2) is 35.0 Å². The molecule has 2 rings (SSSR count). The molecule has 0 spiro atoms. The molecule has 1 atom stereocenters. The fourth-order valence-electron chi connectivity index (χ4n) is 1.64. The van der Waals surface area contributed by atoms with Crippen LogP contribution in [0.3, 0.4) is 0 Å². The van der Waals surface area contributed by atoms with Gasteiger partial charge in [-0.15, -0.1) is 11.3 Å². The largest absolute Gasteiger partial charge is 0.465 e. The van der Waals surface area contributed by atoms with Crippen LogP contribution >= 0.6 is 27.3 Å². The van der Waals surface area contributed by atoms with Gasteiger partial charge in [0, 0.05) is 10.7 Å². The first kappa shape index (κ1) is 16.3. The maximum Gasteiger partial charge on any atom is 0.325 e. The lowest BCUT2D eigenvalue weighted by atomic mass is 10.1. The Labute approximate surface area is 138 Å². The summed E-state index contributed by atoms with van der Waals surface area (Å²) in [4.78, 5) is 31.6. The van der Waals surface area contributed by atoms with Gasteiger partial charge in [-0.25, -0.2) is 9.97 Å². The van der Waals surface area contributed by atoms with Gasteiger partial charge in [0.25, 0.3) is 0 Å². The third-order valence-corrected chi connectivity index (χ3v) is 4.07. The Bertz CT molecular complexity index is 755. The molecular weight excluding hydrogens is 372 g/mol. The lowest BCUT2D eigenvalue weighted by molar-refractivity contribution is -0.143. The molecule has 2 aromatic rings. The van der Waals surface area contributed by atoms with Crippen LogP contribution in [0.1, 0.15) is 17.8 Å². The van der Waals surface area contributed by atoms with Gasteiger partial charge in [-0.3, -0.25) is 9.59 Å². The number of nitrogens with one attached hydrogen (secondary N) is 1. The fraction of sp³-hybridized carbons (Fsp3) is 0.308. The van der Waals surface area contributed by atoms with E-state index in [4.69, 9.17) is 4.74 Å². The zero-order valence-electron chi connectivity index (χ0n) is 11.5. The van der Waals surface area contributed by atoms with Gasteiger partial charge in [-0.05, 0) is 28.9 Å². The maximum absolute atomic E-state index is 12.0. The summed E-state index contributed by atoms with van der Waals surface area (Å²) < 4.78 is 6.26. The fourth-order valence-corrected chi connectivity index (χ4v) is 3.13. The summed E-state index contributed by atoms with van der Waals surface area (Å²) in [5, 5.41) is 11.9. The lowest BCUT2D eigenvalue weighted by Crippen LogP contribution is -2.34. The highest BCUT2D eigenvalue weighted by Gasteiger charge is 2.25. The Morgan fingerprint density at radius 1 is 1.59 bits per heavy atom. The number of pyridine rings is 1. The zero-order valence-corrected chi connectivity index (χ0v) is 13.9. The number of rotatable bonds is 5. The molecule has 0 aromatic carbocycles. The SMILES string of the molecule is CCOC(=O)CNC(=O)C(C#N)c1nc2ncc(Br)cc2s1. The highest BCUT2D eigenvalue weighted by atomic mass is 79.9. The molecule has 1 unspecified atom stereocenters. The van der Waals surface area contributed by atoms with Crippen molar-refractivity contribution in [2.45, 2.75) is 12.8 Å². The number of nitriles is 1. The second-order valence-corrected chi connectivity index (χ2v) is 6.09. The van der Waals surface area contributed by atoms with Gasteiger partial charge in [0.15, 0.2) is 11.6 Å².